The smallest absolute Gasteiger partial charge is 0.141 e. The molecule has 0 saturated carbocycles. The highest BCUT2D eigenvalue weighted by Gasteiger charge is 2.25. The van der Waals surface area contributed by atoms with Gasteiger partial charge in [0.15, 0.2) is 0 Å². The van der Waals surface area contributed by atoms with Crippen molar-refractivity contribution >= 4 is 0 Å². The van der Waals surface area contributed by atoms with Crippen LogP contribution in [0.2, 0.25) is 0 Å². The Kier molecular flexibility index (Phi) is 3.56. The zero-order chi connectivity index (χ0) is 11.5. The number of aromatic nitrogens is 2. The maximum absolute atomic E-state index is 13.7. The van der Waals surface area contributed by atoms with E-state index in [4.69, 9.17) is 10.5 Å². The lowest BCUT2D eigenvalue weighted by atomic mass is 9.93. The molecule has 0 radical (unpaired) electrons. The highest BCUT2D eigenvalue weighted by Crippen LogP contribution is 2.31. The first kappa shape index (κ1) is 11.5. The Morgan fingerprint density at radius 2 is 2.31 bits per heavy atom. The van der Waals surface area contributed by atoms with E-state index in [1.54, 1.807) is 10.9 Å². The Hall–Kier alpha value is -0.940. The van der Waals surface area contributed by atoms with E-state index in [2.05, 4.69) is 5.10 Å². The van der Waals surface area contributed by atoms with Crippen molar-refractivity contribution in [3.8, 4) is 0 Å². The molecule has 2 rings (SSSR count). The second-order valence-electron chi connectivity index (χ2n) is 4.23. The lowest BCUT2D eigenvalue weighted by Crippen LogP contribution is -2.17. The minimum Gasteiger partial charge on any atom is -0.381 e. The molecule has 2 heterocycles. The third kappa shape index (κ3) is 2.25. The summed E-state index contributed by atoms with van der Waals surface area (Å²) in [7, 11) is 1.82. The first-order valence-electron chi connectivity index (χ1n) is 5.67. The van der Waals surface area contributed by atoms with Gasteiger partial charge in [-0.1, -0.05) is 0 Å². The Bertz CT molecular complexity index is 347. The van der Waals surface area contributed by atoms with Crippen LogP contribution in [-0.4, -0.2) is 29.5 Å². The molecule has 1 unspecified atom stereocenters. The van der Waals surface area contributed by atoms with Gasteiger partial charge in [-0.25, -0.2) is 4.39 Å². The average molecular weight is 227 g/mol. The molecular weight excluding hydrogens is 209 g/mol. The maximum Gasteiger partial charge on any atom is 0.141 e. The quantitative estimate of drug-likeness (QED) is 0.846. The van der Waals surface area contributed by atoms with Gasteiger partial charge in [-0.3, -0.25) is 4.68 Å². The van der Waals surface area contributed by atoms with Gasteiger partial charge in [-0.15, -0.1) is 0 Å². The van der Waals surface area contributed by atoms with Crippen molar-refractivity contribution in [2.45, 2.75) is 24.9 Å². The molecule has 1 fully saturated rings. The zero-order valence-corrected chi connectivity index (χ0v) is 9.53. The van der Waals surface area contributed by atoms with Gasteiger partial charge >= 0.3 is 0 Å². The number of alkyl halides is 1. The third-order valence-corrected chi connectivity index (χ3v) is 3.04. The van der Waals surface area contributed by atoms with Crippen LogP contribution in [0.1, 0.15) is 36.2 Å². The van der Waals surface area contributed by atoms with Crippen LogP contribution in [0.4, 0.5) is 4.39 Å². The van der Waals surface area contributed by atoms with Gasteiger partial charge in [0.1, 0.15) is 6.17 Å². The first-order valence-corrected chi connectivity index (χ1v) is 5.67. The second kappa shape index (κ2) is 4.93. The van der Waals surface area contributed by atoms with Crippen LogP contribution < -0.4 is 5.73 Å². The molecule has 1 aromatic heterocycles. The van der Waals surface area contributed by atoms with E-state index >= 15 is 0 Å². The number of hydrogen-bond donors (Lipinski definition) is 1. The molecule has 0 spiro atoms. The Labute approximate surface area is 94.6 Å². The van der Waals surface area contributed by atoms with Crippen molar-refractivity contribution in [1.82, 2.24) is 9.78 Å². The van der Waals surface area contributed by atoms with Crippen LogP contribution in [0, 0.1) is 0 Å². The molecule has 0 aliphatic carbocycles. The minimum absolute atomic E-state index is 0.0158. The van der Waals surface area contributed by atoms with Crippen LogP contribution in [0.25, 0.3) is 0 Å². The molecule has 1 atom stereocenters. The van der Waals surface area contributed by atoms with Gasteiger partial charge in [0.05, 0.1) is 5.69 Å². The van der Waals surface area contributed by atoms with Gasteiger partial charge in [-0.05, 0) is 12.8 Å². The molecular formula is C11H18FN3O. The van der Waals surface area contributed by atoms with Crippen molar-refractivity contribution < 1.29 is 9.13 Å². The number of nitrogens with two attached hydrogens (primary N) is 1. The number of hydrogen-bond acceptors (Lipinski definition) is 3. The fraction of sp³-hybridized carbons (Fsp3) is 0.727. The summed E-state index contributed by atoms with van der Waals surface area (Å²) < 4.78 is 20.7. The molecule has 16 heavy (non-hydrogen) atoms. The molecule has 1 aromatic rings. The van der Waals surface area contributed by atoms with E-state index in [1.165, 1.54) is 0 Å². The summed E-state index contributed by atoms with van der Waals surface area (Å²) in [4.78, 5) is 0. The fourth-order valence-corrected chi connectivity index (χ4v) is 2.18. The molecule has 5 heteroatoms. The van der Waals surface area contributed by atoms with Crippen LogP contribution in [0.3, 0.4) is 0 Å². The second-order valence-corrected chi connectivity index (χ2v) is 4.23. The topological polar surface area (TPSA) is 53.1 Å². The largest absolute Gasteiger partial charge is 0.381 e. The van der Waals surface area contributed by atoms with Crippen molar-refractivity contribution in [3.63, 3.8) is 0 Å². The summed E-state index contributed by atoms with van der Waals surface area (Å²) in [5.41, 5.74) is 6.89. The van der Waals surface area contributed by atoms with E-state index in [-0.39, 0.29) is 6.54 Å². The number of aryl methyl sites for hydroxylation is 1. The molecule has 1 aliphatic heterocycles. The van der Waals surface area contributed by atoms with Crippen LogP contribution in [0.15, 0.2) is 6.20 Å². The standard InChI is InChI=1S/C11H18FN3O/c1-15-7-9(10(12)6-13)11(14-15)8-2-4-16-5-3-8/h7-8,10H,2-6,13H2,1H3. The zero-order valence-electron chi connectivity index (χ0n) is 9.53. The highest BCUT2D eigenvalue weighted by molar-refractivity contribution is 5.24. The van der Waals surface area contributed by atoms with Gasteiger partial charge in [-0.2, -0.15) is 5.10 Å². The maximum atomic E-state index is 13.7. The summed E-state index contributed by atoms with van der Waals surface area (Å²) in [5, 5.41) is 4.37. The van der Waals surface area contributed by atoms with Gasteiger partial charge in [0.25, 0.3) is 0 Å². The van der Waals surface area contributed by atoms with Crippen molar-refractivity contribution in [2.75, 3.05) is 19.8 Å². The molecule has 1 aliphatic rings. The highest BCUT2D eigenvalue weighted by atomic mass is 19.1. The van der Waals surface area contributed by atoms with Crippen LogP contribution in [-0.2, 0) is 11.8 Å². The molecule has 0 aromatic carbocycles. The van der Waals surface area contributed by atoms with Gasteiger partial charge < -0.3 is 10.5 Å². The third-order valence-electron chi connectivity index (χ3n) is 3.04. The normalized spacial score (nSPS) is 19.9. The molecule has 0 bridgehead atoms. The summed E-state index contributed by atoms with van der Waals surface area (Å²) in [6.45, 7) is 1.49. The van der Waals surface area contributed by atoms with E-state index in [0.29, 0.717) is 11.5 Å². The monoisotopic (exact) mass is 227 g/mol. The first-order chi connectivity index (χ1) is 7.72. The Morgan fingerprint density at radius 3 is 2.94 bits per heavy atom. The van der Waals surface area contributed by atoms with E-state index in [0.717, 1.165) is 31.7 Å². The summed E-state index contributed by atoms with van der Waals surface area (Å²) in [6.07, 6.45) is 2.47. The van der Waals surface area contributed by atoms with E-state index in [1.807, 2.05) is 7.05 Å². The fourth-order valence-electron chi connectivity index (χ4n) is 2.18. The number of halogens is 1. The van der Waals surface area contributed by atoms with E-state index in [9.17, 15) is 4.39 Å². The average Bonchev–Trinajstić information content (AvgIpc) is 2.71. The molecule has 1 saturated heterocycles. The predicted octanol–water partition coefficient (Wildman–Crippen LogP) is 1.28. The molecule has 90 valence electrons. The Balaban J connectivity index is 2.24. The molecule has 0 amide bonds. The van der Waals surface area contributed by atoms with Gasteiger partial charge in [0.2, 0.25) is 0 Å². The number of nitrogens with zero attached hydrogens (tertiary/aromatic N) is 2. The number of ether oxygens (including phenoxy) is 1. The van der Waals surface area contributed by atoms with Crippen molar-refractivity contribution in [3.05, 3.63) is 17.5 Å². The predicted molar refractivity (Wildman–Crippen MR) is 58.9 cm³/mol. The SMILES string of the molecule is Cn1cc(C(F)CN)c(C2CCOCC2)n1. The lowest BCUT2D eigenvalue weighted by molar-refractivity contribution is 0.0839. The molecule has 2 N–H and O–H groups in total. The van der Waals surface area contributed by atoms with E-state index < -0.39 is 6.17 Å². The summed E-state index contributed by atoms with van der Waals surface area (Å²) >= 11 is 0. The minimum atomic E-state index is -1.11. The van der Waals surface area contributed by atoms with Crippen molar-refractivity contribution in [2.24, 2.45) is 12.8 Å². The van der Waals surface area contributed by atoms with Crippen molar-refractivity contribution in [1.29, 1.82) is 0 Å². The summed E-state index contributed by atoms with van der Waals surface area (Å²) in [5.74, 6) is 0.315. The van der Waals surface area contributed by atoms with Crippen LogP contribution >= 0.6 is 0 Å². The summed E-state index contributed by atoms with van der Waals surface area (Å²) in [6, 6.07) is 0. The van der Waals surface area contributed by atoms with Crippen LogP contribution in [0.5, 0.6) is 0 Å². The molecule has 4 nitrogen and oxygen atoms in total. The lowest BCUT2D eigenvalue weighted by Gasteiger charge is -2.21. The Morgan fingerprint density at radius 1 is 1.62 bits per heavy atom. The van der Waals surface area contributed by atoms with Gasteiger partial charge in [0, 0.05) is 44.5 Å². The number of rotatable bonds is 3.